The van der Waals surface area contributed by atoms with Gasteiger partial charge in [0, 0.05) is 43.3 Å². The topological polar surface area (TPSA) is 72.9 Å². The van der Waals surface area contributed by atoms with Gasteiger partial charge in [0.2, 0.25) is 5.91 Å². The lowest BCUT2D eigenvalue weighted by molar-refractivity contribution is -0.115. The minimum Gasteiger partial charge on any atom is -0.478 e. The van der Waals surface area contributed by atoms with Crippen LogP contribution >= 0.6 is 11.6 Å². The number of carboxylic acid groups (broad SMARTS) is 1. The van der Waals surface area contributed by atoms with Crippen LogP contribution in [0.5, 0.6) is 0 Å². The van der Waals surface area contributed by atoms with Crippen LogP contribution in [0.4, 0.5) is 11.4 Å². The zero-order chi connectivity index (χ0) is 24.1. The Morgan fingerprint density at radius 3 is 2.21 bits per heavy atom. The van der Waals surface area contributed by atoms with E-state index in [-0.39, 0.29) is 17.5 Å². The lowest BCUT2D eigenvalue weighted by Crippen LogP contribution is -2.48. The molecule has 1 aliphatic heterocycles. The first-order valence-corrected chi connectivity index (χ1v) is 11.8. The molecule has 0 saturated carbocycles. The number of carbonyl (C=O) groups excluding carboxylic acids is 1. The molecule has 0 bridgehead atoms. The molecule has 7 heteroatoms. The van der Waals surface area contributed by atoms with E-state index in [1.807, 2.05) is 24.3 Å². The van der Waals surface area contributed by atoms with Gasteiger partial charge in [-0.25, -0.2) is 4.79 Å². The smallest absolute Gasteiger partial charge is 0.337 e. The second-order valence-electron chi connectivity index (χ2n) is 8.32. The van der Waals surface area contributed by atoms with Gasteiger partial charge in [-0.3, -0.25) is 9.69 Å². The minimum absolute atomic E-state index is 0.102. The minimum atomic E-state index is -1.06. The molecule has 1 fully saturated rings. The van der Waals surface area contributed by atoms with Gasteiger partial charge < -0.3 is 15.3 Å². The van der Waals surface area contributed by atoms with E-state index in [0.717, 1.165) is 31.9 Å². The number of halogens is 1. The maximum absolute atomic E-state index is 11.8. The summed E-state index contributed by atoms with van der Waals surface area (Å²) in [4.78, 5) is 28.2. The summed E-state index contributed by atoms with van der Waals surface area (Å²) in [6.07, 6.45) is 0.291. The molecule has 2 N–H and O–H groups in total. The number of aromatic carboxylic acids is 1. The van der Waals surface area contributed by atoms with Crippen molar-refractivity contribution in [3.8, 4) is 0 Å². The number of amides is 1. The molecule has 1 aliphatic rings. The predicted octanol–water partition coefficient (Wildman–Crippen LogP) is 5.30. The molecule has 1 amide bonds. The second-order valence-corrected chi connectivity index (χ2v) is 8.76. The summed E-state index contributed by atoms with van der Waals surface area (Å²) >= 11 is 6.13. The maximum atomic E-state index is 11.8. The fourth-order valence-electron chi connectivity index (χ4n) is 4.39. The third-order valence-electron chi connectivity index (χ3n) is 6.17. The number of benzene rings is 3. The Kier molecular flexibility index (Phi) is 7.50. The van der Waals surface area contributed by atoms with Crippen LogP contribution in [0.3, 0.4) is 0 Å². The first-order chi connectivity index (χ1) is 16.5. The van der Waals surface area contributed by atoms with Gasteiger partial charge in [-0.15, -0.1) is 0 Å². The van der Waals surface area contributed by atoms with E-state index in [1.165, 1.54) is 11.1 Å². The first-order valence-electron chi connectivity index (χ1n) is 11.4. The summed E-state index contributed by atoms with van der Waals surface area (Å²) in [6.45, 7) is 4.89. The summed E-state index contributed by atoms with van der Waals surface area (Å²) in [5.41, 5.74) is 3.68. The molecule has 0 radical (unpaired) electrons. The summed E-state index contributed by atoms with van der Waals surface area (Å²) in [6, 6.07) is 23.8. The molecule has 3 aromatic carbocycles. The van der Waals surface area contributed by atoms with E-state index in [1.54, 1.807) is 19.1 Å². The van der Waals surface area contributed by atoms with Crippen molar-refractivity contribution in [1.29, 1.82) is 0 Å². The number of hydrogen-bond acceptors (Lipinski definition) is 4. The zero-order valence-electron chi connectivity index (χ0n) is 19.1. The average Bonchev–Trinajstić information content (AvgIpc) is 2.86. The normalized spacial score (nSPS) is 15.1. The van der Waals surface area contributed by atoms with Crippen molar-refractivity contribution in [1.82, 2.24) is 4.90 Å². The lowest BCUT2D eigenvalue weighted by atomic mass is 9.96. The van der Waals surface area contributed by atoms with E-state index in [0.29, 0.717) is 17.1 Å². The first kappa shape index (κ1) is 23.8. The molecular weight excluding hydrogens is 450 g/mol. The Morgan fingerprint density at radius 1 is 0.941 bits per heavy atom. The Bertz CT molecular complexity index is 1140. The van der Waals surface area contributed by atoms with Crippen molar-refractivity contribution >= 4 is 34.9 Å². The highest BCUT2D eigenvalue weighted by atomic mass is 35.5. The zero-order valence-corrected chi connectivity index (χ0v) is 19.8. The molecule has 1 unspecified atom stereocenters. The van der Waals surface area contributed by atoms with Crippen LogP contribution < -0.4 is 10.2 Å². The Hall–Kier alpha value is -3.35. The molecule has 1 atom stereocenters. The molecule has 0 aliphatic carbocycles. The quantitative estimate of drug-likeness (QED) is 0.483. The Balaban J connectivity index is 1.53. The maximum Gasteiger partial charge on any atom is 0.337 e. The molecule has 0 aromatic heterocycles. The van der Waals surface area contributed by atoms with Crippen LogP contribution in [0.15, 0.2) is 72.8 Å². The van der Waals surface area contributed by atoms with Crippen molar-refractivity contribution in [2.75, 3.05) is 36.4 Å². The van der Waals surface area contributed by atoms with Crippen molar-refractivity contribution in [3.63, 3.8) is 0 Å². The van der Waals surface area contributed by atoms with Crippen LogP contribution in [0.1, 0.15) is 40.9 Å². The highest BCUT2D eigenvalue weighted by Crippen LogP contribution is 2.32. The largest absolute Gasteiger partial charge is 0.478 e. The Labute approximate surface area is 204 Å². The fourth-order valence-corrected chi connectivity index (χ4v) is 4.51. The summed E-state index contributed by atoms with van der Waals surface area (Å²) in [7, 11) is 0. The molecule has 1 saturated heterocycles. The molecule has 34 heavy (non-hydrogen) atoms. The number of piperazine rings is 1. The van der Waals surface area contributed by atoms with Gasteiger partial charge in [-0.1, -0.05) is 61.0 Å². The van der Waals surface area contributed by atoms with E-state index >= 15 is 0 Å². The monoisotopic (exact) mass is 477 g/mol. The molecule has 6 nitrogen and oxygen atoms in total. The van der Waals surface area contributed by atoms with Crippen LogP contribution in [0.2, 0.25) is 5.02 Å². The third-order valence-corrected chi connectivity index (χ3v) is 6.43. The molecule has 1 heterocycles. The van der Waals surface area contributed by atoms with E-state index in [4.69, 9.17) is 11.6 Å². The van der Waals surface area contributed by atoms with Crippen LogP contribution in [-0.2, 0) is 4.79 Å². The summed E-state index contributed by atoms with van der Waals surface area (Å²) in [5.74, 6) is -1.27. The molecule has 3 aromatic rings. The lowest BCUT2D eigenvalue weighted by Gasteiger charge is -2.40. The molecule has 4 rings (SSSR count). The number of nitrogens with zero attached hydrogens (tertiary/aromatic N) is 2. The van der Waals surface area contributed by atoms with Crippen LogP contribution in [-0.4, -0.2) is 48.1 Å². The van der Waals surface area contributed by atoms with Gasteiger partial charge in [-0.2, -0.15) is 0 Å². The van der Waals surface area contributed by atoms with E-state index in [9.17, 15) is 14.7 Å². The SMILES string of the molecule is CCC(=O)Nc1ccc(N2CCN(C(c3ccccc3)c3ccc(Cl)cc3)CC2)cc1C(=O)O. The number of rotatable bonds is 7. The van der Waals surface area contributed by atoms with Crippen LogP contribution in [0, 0.1) is 0 Å². The highest BCUT2D eigenvalue weighted by molar-refractivity contribution is 6.30. The standard InChI is InChI=1S/C27H28ClN3O3/c1-2-25(32)29-24-13-12-22(18-23(24)27(33)34)30-14-16-31(17-15-30)26(19-6-4-3-5-7-19)20-8-10-21(28)11-9-20/h3-13,18,26H,2,14-17H2,1H3,(H,29,32)(H,33,34). The highest BCUT2D eigenvalue weighted by Gasteiger charge is 2.27. The van der Waals surface area contributed by atoms with Crippen molar-refractivity contribution < 1.29 is 14.7 Å². The van der Waals surface area contributed by atoms with Gasteiger partial charge in [0.15, 0.2) is 0 Å². The molecular formula is C27H28ClN3O3. The molecule has 0 spiro atoms. The third kappa shape index (κ3) is 5.41. The number of anilines is 2. The second kappa shape index (κ2) is 10.7. The number of carbonyl (C=O) groups is 2. The van der Waals surface area contributed by atoms with Crippen molar-refractivity contribution in [3.05, 3.63) is 94.5 Å². The van der Waals surface area contributed by atoms with Crippen LogP contribution in [0.25, 0.3) is 0 Å². The van der Waals surface area contributed by atoms with Gasteiger partial charge in [0.05, 0.1) is 17.3 Å². The summed E-state index contributed by atoms with van der Waals surface area (Å²) in [5, 5.41) is 13.1. The van der Waals surface area contributed by atoms with Crippen molar-refractivity contribution in [2.24, 2.45) is 0 Å². The number of carboxylic acids is 1. The van der Waals surface area contributed by atoms with Gasteiger partial charge in [0.1, 0.15) is 0 Å². The Morgan fingerprint density at radius 2 is 1.59 bits per heavy atom. The van der Waals surface area contributed by atoms with E-state index in [2.05, 4.69) is 51.5 Å². The fraction of sp³-hybridized carbons (Fsp3) is 0.259. The van der Waals surface area contributed by atoms with Gasteiger partial charge in [-0.05, 0) is 41.5 Å². The summed E-state index contributed by atoms with van der Waals surface area (Å²) < 4.78 is 0. The van der Waals surface area contributed by atoms with Gasteiger partial charge in [0.25, 0.3) is 0 Å². The average molecular weight is 478 g/mol. The van der Waals surface area contributed by atoms with E-state index < -0.39 is 5.97 Å². The number of nitrogens with one attached hydrogen (secondary N) is 1. The molecule has 176 valence electrons. The van der Waals surface area contributed by atoms with Gasteiger partial charge >= 0.3 is 5.97 Å². The number of hydrogen-bond donors (Lipinski definition) is 2. The predicted molar refractivity (Wildman–Crippen MR) is 136 cm³/mol. The van der Waals surface area contributed by atoms with Crippen molar-refractivity contribution in [2.45, 2.75) is 19.4 Å².